The normalized spacial score (nSPS) is 16.7. The van der Waals surface area contributed by atoms with Crippen LogP contribution in [0.2, 0.25) is 0 Å². The Morgan fingerprint density at radius 1 is 1.29 bits per heavy atom. The molecule has 1 amide bonds. The maximum Gasteiger partial charge on any atom is 0.245 e. The summed E-state index contributed by atoms with van der Waals surface area (Å²) in [5.74, 6) is -0.798. The molecule has 1 atom stereocenters. The molecule has 6 heteroatoms. The van der Waals surface area contributed by atoms with Crippen molar-refractivity contribution in [2.45, 2.75) is 17.4 Å². The number of nitrogens with one attached hydrogen (secondary N) is 1. The first kappa shape index (κ1) is 13.9. The highest BCUT2D eigenvalue weighted by molar-refractivity contribution is 8.01. The second-order valence-electron chi connectivity index (χ2n) is 4.69. The lowest BCUT2D eigenvalue weighted by Gasteiger charge is -2.25. The molecule has 0 saturated heterocycles. The summed E-state index contributed by atoms with van der Waals surface area (Å²) >= 11 is 1.46. The standard InChI is InChI=1S/C15H13FN2O2S/c16-10-4-3-5-11(8-10)18-13(9-15(19)17-20)12-6-1-2-7-14(12)21-18/h1-8,13,20H,9H2,(H,17,19). The summed E-state index contributed by atoms with van der Waals surface area (Å²) in [6.07, 6.45) is 0.0943. The van der Waals surface area contributed by atoms with Gasteiger partial charge < -0.3 is 4.31 Å². The topological polar surface area (TPSA) is 52.6 Å². The molecule has 0 bridgehead atoms. The summed E-state index contributed by atoms with van der Waals surface area (Å²) in [6.45, 7) is 0. The third-order valence-corrected chi connectivity index (χ3v) is 4.55. The van der Waals surface area contributed by atoms with E-state index < -0.39 is 5.91 Å². The minimum absolute atomic E-state index is 0.0943. The van der Waals surface area contributed by atoms with Crippen molar-refractivity contribution in [2.24, 2.45) is 0 Å². The number of carbonyl (C=O) groups excluding carboxylic acids is 1. The molecule has 2 N–H and O–H groups in total. The van der Waals surface area contributed by atoms with Gasteiger partial charge >= 0.3 is 0 Å². The number of benzene rings is 2. The summed E-state index contributed by atoms with van der Waals surface area (Å²) in [5, 5.41) is 8.76. The van der Waals surface area contributed by atoms with Crippen LogP contribution in [-0.4, -0.2) is 11.1 Å². The molecule has 108 valence electrons. The quantitative estimate of drug-likeness (QED) is 0.519. The molecule has 0 fully saturated rings. The molecule has 4 nitrogen and oxygen atoms in total. The summed E-state index contributed by atoms with van der Waals surface area (Å²) in [5.41, 5.74) is 3.34. The maximum atomic E-state index is 13.4. The number of hydroxylamine groups is 1. The molecule has 0 aromatic heterocycles. The minimum atomic E-state index is -0.473. The van der Waals surface area contributed by atoms with Crippen LogP contribution in [-0.2, 0) is 4.79 Å². The molecule has 2 aromatic rings. The van der Waals surface area contributed by atoms with Gasteiger partial charge in [0, 0.05) is 4.90 Å². The van der Waals surface area contributed by atoms with Gasteiger partial charge in [-0.1, -0.05) is 24.3 Å². The van der Waals surface area contributed by atoms with Crippen molar-refractivity contribution in [2.75, 3.05) is 4.31 Å². The Morgan fingerprint density at radius 2 is 2.10 bits per heavy atom. The van der Waals surface area contributed by atoms with Gasteiger partial charge in [-0.05, 0) is 41.8 Å². The highest BCUT2D eigenvalue weighted by atomic mass is 32.2. The molecule has 1 aliphatic rings. The number of nitrogens with zero attached hydrogens (tertiary/aromatic N) is 1. The van der Waals surface area contributed by atoms with Crippen molar-refractivity contribution in [1.29, 1.82) is 0 Å². The summed E-state index contributed by atoms with van der Waals surface area (Å²) in [4.78, 5) is 12.6. The first-order valence-electron chi connectivity index (χ1n) is 6.43. The largest absolute Gasteiger partial charge is 0.304 e. The number of amides is 1. The maximum absolute atomic E-state index is 13.4. The predicted molar refractivity (Wildman–Crippen MR) is 78.5 cm³/mol. The average Bonchev–Trinajstić information content (AvgIpc) is 2.86. The van der Waals surface area contributed by atoms with Gasteiger partial charge in [0.1, 0.15) is 5.82 Å². The second kappa shape index (κ2) is 5.75. The SMILES string of the molecule is O=C(CC1c2ccccc2SN1c1cccc(F)c1)NO. The fraction of sp³-hybridized carbons (Fsp3) is 0.133. The summed E-state index contributed by atoms with van der Waals surface area (Å²) in [7, 11) is 0. The van der Waals surface area contributed by atoms with E-state index in [0.29, 0.717) is 5.69 Å². The van der Waals surface area contributed by atoms with Gasteiger partial charge in [0.05, 0.1) is 18.2 Å². The van der Waals surface area contributed by atoms with E-state index in [1.165, 1.54) is 24.1 Å². The molecule has 0 radical (unpaired) electrons. The van der Waals surface area contributed by atoms with Gasteiger partial charge in [0.15, 0.2) is 0 Å². The molecule has 1 heterocycles. The van der Waals surface area contributed by atoms with E-state index in [1.54, 1.807) is 17.6 Å². The fourth-order valence-electron chi connectivity index (χ4n) is 2.39. The van der Waals surface area contributed by atoms with Gasteiger partial charge in [-0.25, -0.2) is 9.87 Å². The number of rotatable bonds is 3. The van der Waals surface area contributed by atoms with Crippen molar-refractivity contribution in [3.63, 3.8) is 0 Å². The predicted octanol–water partition coefficient (Wildman–Crippen LogP) is 3.29. The van der Waals surface area contributed by atoms with Gasteiger partial charge in [0.25, 0.3) is 0 Å². The molecular formula is C15H13FN2O2S. The number of hydrogen-bond donors (Lipinski definition) is 2. The molecule has 2 aromatic carbocycles. The number of fused-ring (bicyclic) bond motifs is 1. The Labute approximate surface area is 125 Å². The van der Waals surface area contributed by atoms with Crippen LogP contribution < -0.4 is 9.79 Å². The van der Waals surface area contributed by atoms with Gasteiger partial charge in [-0.3, -0.25) is 10.0 Å². The van der Waals surface area contributed by atoms with Crippen molar-refractivity contribution in [3.05, 3.63) is 59.9 Å². The summed E-state index contributed by atoms with van der Waals surface area (Å²) < 4.78 is 15.3. The molecule has 21 heavy (non-hydrogen) atoms. The van der Waals surface area contributed by atoms with E-state index in [-0.39, 0.29) is 18.3 Å². The zero-order valence-corrected chi connectivity index (χ0v) is 11.8. The van der Waals surface area contributed by atoms with E-state index >= 15 is 0 Å². The van der Waals surface area contributed by atoms with E-state index in [0.717, 1.165) is 10.5 Å². The number of anilines is 1. The lowest BCUT2D eigenvalue weighted by Crippen LogP contribution is -2.26. The first-order chi connectivity index (χ1) is 10.2. The smallest absolute Gasteiger partial charge is 0.245 e. The third-order valence-electron chi connectivity index (χ3n) is 3.32. The zero-order valence-electron chi connectivity index (χ0n) is 11.0. The number of hydrogen-bond acceptors (Lipinski definition) is 4. The Hall–Kier alpha value is -2.05. The fourth-order valence-corrected chi connectivity index (χ4v) is 3.59. The van der Waals surface area contributed by atoms with Crippen molar-refractivity contribution >= 4 is 23.5 Å². The lowest BCUT2D eigenvalue weighted by atomic mass is 10.0. The van der Waals surface area contributed by atoms with Crippen LogP contribution in [0.1, 0.15) is 18.0 Å². The monoisotopic (exact) mass is 304 g/mol. The molecule has 0 aliphatic carbocycles. The Bertz CT molecular complexity index is 680. The first-order valence-corrected chi connectivity index (χ1v) is 7.21. The molecule has 0 saturated carbocycles. The van der Waals surface area contributed by atoms with Crippen molar-refractivity contribution in [3.8, 4) is 0 Å². The van der Waals surface area contributed by atoms with Gasteiger partial charge in [0.2, 0.25) is 5.91 Å². The number of carbonyl (C=O) groups is 1. The lowest BCUT2D eigenvalue weighted by molar-refractivity contribution is -0.129. The zero-order chi connectivity index (χ0) is 14.8. The molecule has 1 aliphatic heterocycles. The summed E-state index contributed by atoms with van der Waals surface area (Å²) in [6, 6.07) is 13.7. The molecule has 0 spiro atoms. The molecule has 1 unspecified atom stereocenters. The minimum Gasteiger partial charge on any atom is -0.304 e. The van der Waals surface area contributed by atoms with Crippen molar-refractivity contribution < 1.29 is 14.4 Å². The highest BCUT2D eigenvalue weighted by Crippen LogP contribution is 2.48. The van der Waals surface area contributed by atoms with E-state index in [9.17, 15) is 9.18 Å². The second-order valence-corrected chi connectivity index (χ2v) is 5.71. The van der Waals surface area contributed by atoms with Crippen LogP contribution in [0.15, 0.2) is 53.4 Å². The molecule has 3 rings (SSSR count). The van der Waals surface area contributed by atoms with E-state index in [2.05, 4.69) is 0 Å². The van der Waals surface area contributed by atoms with Gasteiger partial charge in [-0.15, -0.1) is 0 Å². The van der Waals surface area contributed by atoms with Crippen LogP contribution in [0.3, 0.4) is 0 Å². The van der Waals surface area contributed by atoms with Gasteiger partial charge in [-0.2, -0.15) is 0 Å². The van der Waals surface area contributed by atoms with Crippen LogP contribution in [0.4, 0.5) is 10.1 Å². The van der Waals surface area contributed by atoms with Crippen LogP contribution in [0, 0.1) is 5.82 Å². The van der Waals surface area contributed by atoms with Crippen LogP contribution >= 0.6 is 11.9 Å². The Morgan fingerprint density at radius 3 is 2.86 bits per heavy atom. The molecular weight excluding hydrogens is 291 g/mol. The Balaban J connectivity index is 1.98. The Kier molecular flexibility index (Phi) is 3.81. The van der Waals surface area contributed by atoms with E-state index in [4.69, 9.17) is 5.21 Å². The highest BCUT2D eigenvalue weighted by Gasteiger charge is 2.33. The van der Waals surface area contributed by atoms with Crippen molar-refractivity contribution in [1.82, 2.24) is 5.48 Å². The van der Waals surface area contributed by atoms with E-state index in [1.807, 2.05) is 28.6 Å². The van der Waals surface area contributed by atoms with Crippen LogP contribution in [0.25, 0.3) is 0 Å². The number of halogens is 1. The van der Waals surface area contributed by atoms with Crippen LogP contribution in [0.5, 0.6) is 0 Å². The average molecular weight is 304 g/mol. The third kappa shape index (κ3) is 2.72.